The fourth-order valence-electron chi connectivity index (χ4n) is 2.60. The zero-order valence-corrected chi connectivity index (χ0v) is 11.4. The predicted molar refractivity (Wildman–Crippen MR) is 76.7 cm³/mol. The maximum Gasteiger partial charge on any atom is 0.0620 e. The van der Waals surface area contributed by atoms with Crippen molar-refractivity contribution in [2.24, 2.45) is 5.92 Å². The van der Waals surface area contributed by atoms with Gasteiger partial charge in [0.1, 0.15) is 0 Å². The van der Waals surface area contributed by atoms with Crippen molar-refractivity contribution in [1.29, 1.82) is 0 Å². The molecule has 1 aromatic rings. The summed E-state index contributed by atoms with van der Waals surface area (Å²) in [6, 6.07) is 6.11. The smallest absolute Gasteiger partial charge is 0.0620 e. The number of nitrogens with two attached hydrogens (primary N) is 1. The number of anilines is 2. The fraction of sp³-hybridized carbons (Fsp3) is 0.600. The Labute approximate surface area is 109 Å². The van der Waals surface area contributed by atoms with Crippen LogP contribution in [0.4, 0.5) is 11.4 Å². The Bertz CT molecular complexity index is 405. The summed E-state index contributed by atoms with van der Waals surface area (Å²) < 4.78 is 0. The molecule has 0 radical (unpaired) electrons. The van der Waals surface area contributed by atoms with Gasteiger partial charge in [-0.3, -0.25) is 0 Å². The fourth-order valence-corrected chi connectivity index (χ4v) is 2.60. The van der Waals surface area contributed by atoms with Crippen LogP contribution in [-0.4, -0.2) is 17.3 Å². The van der Waals surface area contributed by atoms with Crippen molar-refractivity contribution in [1.82, 2.24) is 0 Å². The van der Waals surface area contributed by atoms with Crippen molar-refractivity contribution in [3.05, 3.63) is 23.8 Å². The van der Waals surface area contributed by atoms with E-state index in [0.29, 0.717) is 5.92 Å². The highest BCUT2D eigenvalue weighted by Crippen LogP contribution is 2.32. The van der Waals surface area contributed by atoms with Crippen molar-refractivity contribution < 1.29 is 5.11 Å². The van der Waals surface area contributed by atoms with Gasteiger partial charge in [-0.05, 0) is 63.1 Å². The minimum atomic E-state index is -0.445. The molecule has 0 aromatic heterocycles. The van der Waals surface area contributed by atoms with Gasteiger partial charge >= 0.3 is 0 Å². The normalized spacial score (nSPS) is 28.1. The molecule has 1 aliphatic rings. The summed E-state index contributed by atoms with van der Waals surface area (Å²) >= 11 is 0. The molecule has 2 rings (SSSR count). The second-order valence-electron chi connectivity index (χ2n) is 5.91. The maximum absolute atomic E-state index is 9.91. The van der Waals surface area contributed by atoms with Gasteiger partial charge in [0.05, 0.1) is 17.0 Å². The Hall–Kier alpha value is -1.22. The first-order valence-corrected chi connectivity index (χ1v) is 6.79. The molecule has 0 amide bonds. The Kier molecular flexibility index (Phi) is 3.81. The van der Waals surface area contributed by atoms with Crippen LogP contribution < -0.4 is 11.1 Å². The first kappa shape index (κ1) is 13.2. The summed E-state index contributed by atoms with van der Waals surface area (Å²) in [7, 11) is 0. The van der Waals surface area contributed by atoms with Crippen molar-refractivity contribution >= 4 is 11.4 Å². The molecular weight excluding hydrogens is 224 g/mol. The molecule has 0 atom stereocenters. The van der Waals surface area contributed by atoms with Crippen LogP contribution in [0.25, 0.3) is 0 Å². The maximum atomic E-state index is 9.91. The summed E-state index contributed by atoms with van der Waals surface area (Å²) in [5.74, 6) is 0.644. The quantitative estimate of drug-likeness (QED) is 0.721. The van der Waals surface area contributed by atoms with Crippen LogP contribution in [0, 0.1) is 12.8 Å². The molecule has 1 aliphatic carbocycles. The number of aliphatic hydroxyl groups is 1. The van der Waals surface area contributed by atoms with E-state index in [0.717, 1.165) is 43.6 Å². The zero-order chi connectivity index (χ0) is 13.2. The largest absolute Gasteiger partial charge is 0.397 e. The standard InChI is InChI=1S/C15H24N2O/c1-11-3-4-14(13(16)9-11)17-10-12-5-7-15(2,18)8-6-12/h3-4,9,12,17-18H,5-8,10,16H2,1-2H3/t12-,15-. The molecule has 1 fully saturated rings. The third-order valence-electron chi connectivity index (χ3n) is 3.97. The van der Waals surface area contributed by atoms with E-state index in [9.17, 15) is 5.11 Å². The SMILES string of the molecule is Cc1ccc(NC[C@H]2CC[C@](C)(O)CC2)c(N)c1. The summed E-state index contributed by atoms with van der Waals surface area (Å²) in [5, 5.41) is 13.3. The molecule has 3 nitrogen and oxygen atoms in total. The van der Waals surface area contributed by atoms with Crippen molar-refractivity contribution in [3.63, 3.8) is 0 Å². The molecule has 1 aromatic carbocycles. The first-order chi connectivity index (χ1) is 8.46. The third-order valence-corrected chi connectivity index (χ3v) is 3.97. The van der Waals surface area contributed by atoms with Crippen LogP contribution in [0.3, 0.4) is 0 Å². The number of hydrogen-bond donors (Lipinski definition) is 3. The van der Waals surface area contributed by atoms with Crippen LogP contribution in [0.1, 0.15) is 38.2 Å². The molecule has 0 heterocycles. The molecule has 0 bridgehead atoms. The van der Waals surface area contributed by atoms with E-state index < -0.39 is 5.60 Å². The Morgan fingerprint density at radius 3 is 2.67 bits per heavy atom. The number of benzene rings is 1. The van der Waals surface area contributed by atoms with E-state index >= 15 is 0 Å². The Morgan fingerprint density at radius 2 is 2.06 bits per heavy atom. The van der Waals surface area contributed by atoms with Crippen molar-refractivity contribution in [2.45, 2.75) is 45.1 Å². The molecular formula is C15H24N2O. The number of nitrogen functional groups attached to an aromatic ring is 1. The predicted octanol–water partition coefficient (Wildman–Crippen LogP) is 2.93. The van der Waals surface area contributed by atoms with Crippen LogP contribution in [-0.2, 0) is 0 Å². The number of aryl methyl sites for hydroxylation is 1. The van der Waals surface area contributed by atoms with Crippen LogP contribution in [0.15, 0.2) is 18.2 Å². The lowest BCUT2D eigenvalue weighted by Crippen LogP contribution is -2.32. The average Bonchev–Trinajstić information content (AvgIpc) is 2.29. The lowest BCUT2D eigenvalue weighted by molar-refractivity contribution is 0.00977. The van der Waals surface area contributed by atoms with E-state index in [-0.39, 0.29) is 0 Å². The lowest BCUT2D eigenvalue weighted by Gasteiger charge is -2.33. The molecule has 100 valence electrons. The molecule has 0 aliphatic heterocycles. The molecule has 1 saturated carbocycles. The molecule has 0 spiro atoms. The van der Waals surface area contributed by atoms with Crippen LogP contribution >= 0.6 is 0 Å². The Balaban J connectivity index is 1.85. The van der Waals surface area contributed by atoms with Gasteiger partial charge in [-0.2, -0.15) is 0 Å². The molecule has 4 N–H and O–H groups in total. The monoisotopic (exact) mass is 248 g/mol. The molecule has 0 saturated heterocycles. The summed E-state index contributed by atoms with van der Waals surface area (Å²) in [6.45, 7) is 4.93. The molecule has 18 heavy (non-hydrogen) atoms. The second-order valence-corrected chi connectivity index (χ2v) is 5.91. The highest BCUT2D eigenvalue weighted by Gasteiger charge is 2.28. The van der Waals surface area contributed by atoms with Crippen LogP contribution in [0.2, 0.25) is 0 Å². The van der Waals surface area contributed by atoms with Gasteiger partial charge in [-0.1, -0.05) is 6.07 Å². The van der Waals surface area contributed by atoms with Gasteiger partial charge < -0.3 is 16.2 Å². The van der Waals surface area contributed by atoms with Crippen LogP contribution in [0.5, 0.6) is 0 Å². The number of hydrogen-bond acceptors (Lipinski definition) is 3. The van der Waals surface area contributed by atoms with Gasteiger partial charge in [-0.15, -0.1) is 0 Å². The van der Waals surface area contributed by atoms with E-state index in [1.54, 1.807) is 0 Å². The van der Waals surface area contributed by atoms with E-state index in [1.807, 2.05) is 26.0 Å². The lowest BCUT2D eigenvalue weighted by atomic mass is 9.80. The summed E-state index contributed by atoms with van der Waals surface area (Å²) in [6.07, 6.45) is 3.99. The van der Waals surface area contributed by atoms with Gasteiger partial charge in [0.25, 0.3) is 0 Å². The average molecular weight is 248 g/mol. The summed E-state index contributed by atoms with van der Waals surface area (Å²) in [5.41, 5.74) is 8.56. The van der Waals surface area contributed by atoms with Gasteiger partial charge in [0, 0.05) is 6.54 Å². The number of rotatable bonds is 3. The van der Waals surface area contributed by atoms with Gasteiger partial charge in [0.2, 0.25) is 0 Å². The van der Waals surface area contributed by atoms with Crippen molar-refractivity contribution in [3.8, 4) is 0 Å². The first-order valence-electron chi connectivity index (χ1n) is 6.79. The van der Waals surface area contributed by atoms with Gasteiger partial charge in [0.15, 0.2) is 0 Å². The highest BCUT2D eigenvalue weighted by atomic mass is 16.3. The number of nitrogens with one attached hydrogen (secondary N) is 1. The summed E-state index contributed by atoms with van der Waals surface area (Å²) in [4.78, 5) is 0. The van der Waals surface area contributed by atoms with E-state index in [1.165, 1.54) is 5.56 Å². The minimum absolute atomic E-state index is 0.445. The molecule has 3 heteroatoms. The highest BCUT2D eigenvalue weighted by molar-refractivity contribution is 5.66. The van der Waals surface area contributed by atoms with Crippen molar-refractivity contribution in [2.75, 3.05) is 17.6 Å². The molecule has 0 unspecified atom stereocenters. The minimum Gasteiger partial charge on any atom is -0.397 e. The van der Waals surface area contributed by atoms with E-state index in [4.69, 9.17) is 5.73 Å². The van der Waals surface area contributed by atoms with E-state index in [2.05, 4.69) is 11.4 Å². The second kappa shape index (κ2) is 5.19. The van der Waals surface area contributed by atoms with Gasteiger partial charge in [-0.25, -0.2) is 0 Å². The zero-order valence-electron chi connectivity index (χ0n) is 11.4. The Morgan fingerprint density at radius 1 is 1.39 bits per heavy atom. The third kappa shape index (κ3) is 3.39. The topological polar surface area (TPSA) is 58.3 Å².